The van der Waals surface area contributed by atoms with Crippen LogP contribution in [0.4, 0.5) is 0 Å². The topological polar surface area (TPSA) is 0 Å². The molecule has 1 heteroatoms. The van der Waals surface area contributed by atoms with Gasteiger partial charge in [-0.2, -0.15) is 0 Å². The SMILES string of the molecule is CCC[N+]1(CCC)CC(C)CC(CC)C1. The minimum atomic E-state index is 0.946. The van der Waals surface area contributed by atoms with Crippen molar-refractivity contribution in [3.63, 3.8) is 0 Å². The summed E-state index contributed by atoms with van der Waals surface area (Å²) >= 11 is 0. The molecule has 1 fully saturated rings. The molecule has 0 aliphatic carbocycles. The average Bonchev–Trinajstić information content (AvgIpc) is 2.17. The Bertz CT molecular complexity index is 170. The van der Waals surface area contributed by atoms with Crippen molar-refractivity contribution in [2.45, 2.75) is 53.4 Å². The Balaban J connectivity index is 2.67. The fourth-order valence-electron chi connectivity index (χ4n) is 3.72. The van der Waals surface area contributed by atoms with E-state index in [0.29, 0.717) is 0 Å². The summed E-state index contributed by atoms with van der Waals surface area (Å²) in [5.41, 5.74) is 0. The van der Waals surface area contributed by atoms with Gasteiger partial charge in [0.15, 0.2) is 0 Å². The summed E-state index contributed by atoms with van der Waals surface area (Å²) in [5.74, 6) is 1.94. The molecule has 1 heterocycles. The molecule has 0 spiro atoms. The van der Waals surface area contributed by atoms with E-state index in [1.807, 2.05) is 0 Å². The van der Waals surface area contributed by atoms with Gasteiger partial charge in [-0.25, -0.2) is 0 Å². The number of likely N-dealkylation sites (tertiary alicyclic amines) is 1. The molecule has 1 nitrogen and oxygen atoms in total. The van der Waals surface area contributed by atoms with Crippen molar-refractivity contribution >= 4 is 0 Å². The third kappa shape index (κ3) is 3.48. The fraction of sp³-hybridized carbons (Fsp3) is 1.00. The molecule has 1 rings (SSSR count). The standard InChI is InChI=1S/C14H30N/c1-5-8-15(9-6-2)11-13(4)10-14(7-3)12-15/h13-14H,5-12H2,1-4H3/q+1. The van der Waals surface area contributed by atoms with Crippen molar-refractivity contribution in [3.05, 3.63) is 0 Å². The Labute approximate surface area is 96.4 Å². The molecule has 1 saturated heterocycles. The van der Waals surface area contributed by atoms with Gasteiger partial charge < -0.3 is 4.48 Å². The van der Waals surface area contributed by atoms with E-state index in [9.17, 15) is 0 Å². The molecule has 1 aliphatic heterocycles. The third-order valence-corrected chi connectivity index (χ3v) is 4.05. The molecule has 0 aromatic rings. The Kier molecular flexibility index (Phi) is 5.11. The summed E-state index contributed by atoms with van der Waals surface area (Å²) in [5, 5.41) is 0. The van der Waals surface area contributed by atoms with Gasteiger partial charge in [0.05, 0.1) is 26.2 Å². The first kappa shape index (κ1) is 13.0. The Morgan fingerprint density at radius 1 is 1.00 bits per heavy atom. The van der Waals surface area contributed by atoms with Crippen LogP contribution in [0.2, 0.25) is 0 Å². The average molecular weight is 212 g/mol. The van der Waals surface area contributed by atoms with Gasteiger partial charge in [0.1, 0.15) is 0 Å². The molecule has 0 aromatic heterocycles. The Morgan fingerprint density at radius 2 is 1.60 bits per heavy atom. The van der Waals surface area contributed by atoms with E-state index < -0.39 is 0 Å². The third-order valence-electron chi connectivity index (χ3n) is 4.05. The molecule has 15 heavy (non-hydrogen) atoms. The molecule has 2 atom stereocenters. The largest absolute Gasteiger partial charge is 0.323 e. The molecule has 1 aliphatic rings. The van der Waals surface area contributed by atoms with Crippen LogP contribution in [0.15, 0.2) is 0 Å². The molecule has 0 saturated carbocycles. The highest BCUT2D eigenvalue weighted by Crippen LogP contribution is 2.30. The van der Waals surface area contributed by atoms with Crippen LogP contribution < -0.4 is 0 Å². The summed E-state index contributed by atoms with van der Waals surface area (Å²) in [6, 6.07) is 0. The number of rotatable bonds is 5. The predicted molar refractivity (Wildman–Crippen MR) is 67.9 cm³/mol. The minimum absolute atomic E-state index is 0.946. The van der Waals surface area contributed by atoms with Gasteiger partial charge in [-0.3, -0.25) is 0 Å². The predicted octanol–water partition coefficient (Wildman–Crippen LogP) is 3.69. The summed E-state index contributed by atoms with van der Waals surface area (Å²) in [6.07, 6.45) is 5.56. The summed E-state index contributed by atoms with van der Waals surface area (Å²) in [4.78, 5) is 0. The van der Waals surface area contributed by atoms with Crippen LogP contribution in [0.1, 0.15) is 53.4 Å². The molecule has 0 bridgehead atoms. The highest BCUT2D eigenvalue weighted by atomic mass is 15.4. The van der Waals surface area contributed by atoms with Gasteiger partial charge in [-0.15, -0.1) is 0 Å². The summed E-state index contributed by atoms with van der Waals surface area (Å²) in [7, 11) is 0. The van der Waals surface area contributed by atoms with Crippen LogP contribution >= 0.6 is 0 Å². The van der Waals surface area contributed by atoms with E-state index in [0.717, 1.165) is 11.8 Å². The molecule has 2 unspecified atom stereocenters. The zero-order chi connectivity index (χ0) is 11.3. The van der Waals surface area contributed by atoms with E-state index >= 15 is 0 Å². The minimum Gasteiger partial charge on any atom is -0.323 e. The van der Waals surface area contributed by atoms with Crippen molar-refractivity contribution in [3.8, 4) is 0 Å². The maximum atomic E-state index is 2.46. The summed E-state index contributed by atoms with van der Waals surface area (Å²) < 4.78 is 1.42. The highest BCUT2D eigenvalue weighted by Gasteiger charge is 2.36. The van der Waals surface area contributed by atoms with Gasteiger partial charge >= 0.3 is 0 Å². The molecular weight excluding hydrogens is 182 g/mol. The highest BCUT2D eigenvalue weighted by molar-refractivity contribution is 4.69. The Hall–Kier alpha value is -0.0400. The quantitative estimate of drug-likeness (QED) is 0.610. The number of piperidine rings is 1. The zero-order valence-electron chi connectivity index (χ0n) is 11.3. The molecule has 90 valence electrons. The van der Waals surface area contributed by atoms with E-state index in [2.05, 4.69) is 27.7 Å². The van der Waals surface area contributed by atoms with Gasteiger partial charge in [0.25, 0.3) is 0 Å². The maximum Gasteiger partial charge on any atom is 0.0815 e. The van der Waals surface area contributed by atoms with Crippen molar-refractivity contribution in [2.24, 2.45) is 11.8 Å². The second-order valence-corrected chi connectivity index (χ2v) is 5.77. The first-order chi connectivity index (χ1) is 7.15. The maximum absolute atomic E-state index is 2.46. The van der Waals surface area contributed by atoms with Crippen LogP contribution in [0.3, 0.4) is 0 Å². The lowest BCUT2D eigenvalue weighted by molar-refractivity contribution is -0.939. The van der Waals surface area contributed by atoms with Gasteiger partial charge in [-0.1, -0.05) is 27.7 Å². The van der Waals surface area contributed by atoms with Crippen molar-refractivity contribution in [1.29, 1.82) is 0 Å². The van der Waals surface area contributed by atoms with E-state index in [4.69, 9.17) is 0 Å². The second-order valence-electron chi connectivity index (χ2n) is 5.77. The van der Waals surface area contributed by atoms with Crippen molar-refractivity contribution in [2.75, 3.05) is 26.2 Å². The first-order valence-corrected chi connectivity index (χ1v) is 7.00. The van der Waals surface area contributed by atoms with Crippen molar-refractivity contribution < 1.29 is 4.48 Å². The lowest BCUT2D eigenvalue weighted by Gasteiger charge is -2.46. The lowest BCUT2D eigenvalue weighted by Crippen LogP contribution is -2.57. The van der Waals surface area contributed by atoms with E-state index in [-0.39, 0.29) is 0 Å². The van der Waals surface area contributed by atoms with Gasteiger partial charge in [0, 0.05) is 11.8 Å². The van der Waals surface area contributed by atoms with E-state index in [1.54, 1.807) is 0 Å². The lowest BCUT2D eigenvalue weighted by atomic mass is 9.86. The fourth-order valence-corrected chi connectivity index (χ4v) is 3.72. The molecule has 0 amide bonds. The number of nitrogens with zero attached hydrogens (tertiary/aromatic N) is 1. The number of quaternary nitrogens is 1. The molecular formula is C14H30N+. The van der Waals surface area contributed by atoms with Crippen LogP contribution in [-0.4, -0.2) is 30.7 Å². The van der Waals surface area contributed by atoms with Crippen molar-refractivity contribution in [1.82, 2.24) is 0 Å². The molecule has 0 N–H and O–H groups in total. The van der Waals surface area contributed by atoms with Crippen LogP contribution in [0, 0.1) is 11.8 Å². The second kappa shape index (κ2) is 5.89. The molecule has 0 aromatic carbocycles. The smallest absolute Gasteiger partial charge is 0.0815 e. The first-order valence-electron chi connectivity index (χ1n) is 7.00. The van der Waals surface area contributed by atoms with Gasteiger partial charge in [0.2, 0.25) is 0 Å². The molecule has 0 radical (unpaired) electrons. The van der Waals surface area contributed by atoms with Gasteiger partial charge in [-0.05, 0) is 25.7 Å². The monoisotopic (exact) mass is 212 g/mol. The van der Waals surface area contributed by atoms with E-state index in [1.165, 1.54) is 56.3 Å². The normalized spacial score (nSPS) is 30.4. The zero-order valence-corrected chi connectivity index (χ0v) is 11.3. The van der Waals surface area contributed by atoms with Crippen LogP contribution in [-0.2, 0) is 0 Å². The summed E-state index contributed by atoms with van der Waals surface area (Å²) in [6.45, 7) is 15.2. The van der Waals surface area contributed by atoms with Crippen LogP contribution in [0.5, 0.6) is 0 Å². The number of hydrogen-bond acceptors (Lipinski definition) is 0. The van der Waals surface area contributed by atoms with Crippen LogP contribution in [0.25, 0.3) is 0 Å². The Morgan fingerprint density at radius 3 is 2.07 bits per heavy atom. The number of hydrogen-bond donors (Lipinski definition) is 0.